The molecule has 172 valence electrons. The maximum absolute atomic E-state index is 13.1. The Morgan fingerprint density at radius 1 is 1.10 bits per heavy atom. The number of sulfonamides is 1. The first-order valence-corrected chi connectivity index (χ1v) is 12.1. The fraction of sp³-hybridized carbons (Fsp3) is 0.619. The number of piperidine rings is 1. The number of fused-ring (bicyclic) bond motifs is 1. The van der Waals surface area contributed by atoms with Crippen molar-refractivity contribution in [3.63, 3.8) is 0 Å². The van der Waals surface area contributed by atoms with Crippen molar-refractivity contribution in [1.29, 1.82) is 0 Å². The average molecular weight is 454 g/mol. The van der Waals surface area contributed by atoms with Crippen LogP contribution in [0.25, 0.3) is 0 Å². The highest BCUT2D eigenvalue weighted by Crippen LogP contribution is 2.32. The van der Waals surface area contributed by atoms with Crippen molar-refractivity contribution in [1.82, 2.24) is 14.9 Å². The van der Waals surface area contributed by atoms with Gasteiger partial charge < -0.3 is 19.7 Å². The highest BCUT2D eigenvalue weighted by atomic mass is 32.2. The average Bonchev–Trinajstić information content (AvgIpc) is 2.96. The lowest BCUT2D eigenvalue weighted by Gasteiger charge is -2.35. The molecule has 0 radical (unpaired) electrons. The van der Waals surface area contributed by atoms with Crippen LogP contribution in [0, 0.1) is 5.92 Å². The van der Waals surface area contributed by atoms with E-state index in [1.807, 2.05) is 13.8 Å². The van der Waals surface area contributed by atoms with E-state index in [4.69, 9.17) is 9.47 Å². The van der Waals surface area contributed by atoms with E-state index in [2.05, 4.69) is 10.0 Å². The SMILES string of the molecule is CC(=O)NC1CCN(C(=O)C(NS(=O)(=O)c2ccc3c(c2)OCCCO3)C(C)C)CC1. The predicted octanol–water partition coefficient (Wildman–Crippen LogP) is 1.28. The Morgan fingerprint density at radius 3 is 2.35 bits per heavy atom. The van der Waals surface area contributed by atoms with Gasteiger partial charge in [0.15, 0.2) is 11.5 Å². The Hall–Kier alpha value is -2.33. The van der Waals surface area contributed by atoms with E-state index < -0.39 is 16.1 Å². The molecule has 1 aromatic rings. The molecule has 1 atom stereocenters. The van der Waals surface area contributed by atoms with Gasteiger partial charge in [0.25, 0.3) is 0 Å². The smallest absolute Gasteiger partial charge is 0.241 e. The Labute approximate surface area is 183 Å². The Bertz CT molecular complexity index is 910. The van der Waals surface area contributed by atoms with Gasteiger partial charge >= 0.3 is 0 Å². The molecule has 0 aliphatic carbocycles. The zero-order chi connectivity index (χ0) is 22.6. The van der Waals surface area contributed by atoms with Crippen LogP contribution in [-0.2, 0) is 19.6 Å². The largest absolute Gasteiger partial charge is 0.490 e. The first-order valence-electron chi connectivity index (χ1n) is 10.7. The minimum Gasteiger partial charge on any atom is -0.490 e. The number of hydrogen-bond acceptors (Lipinski definition) is 6. The van der Waals surface area contributed by atoms with Crippen LogP contribution in [0.15, 0.2) is 23.1 Å². The molecule has 2 aliphatic heterocycles. The molecular weight excluding hydrogens is 422 g/mol. The molecule has 31 heavy (non-hydrogen) atoms. The van der Waals surface area contributed by atoms with E-state index in [0.29, 0.717) is 50.6 Å². The van der Waals surface area contributed by atoms with Crippen molar-refractivity contribution in [2.75, 3.05) is 26.3 Å². The standard InChI is InChI=1S/C21H31N3O6S/c1-14(2)20(21(26)24-9-7-16(8-10-24)22-15(3)25)23-31(27,28)17-5-6-18-19(13-17)30-12-4-11-29-18/h5-6,13-14,16,20,23H,4,7-12H2,1-3H3,(H,22,25). The minimum absolute atomic E-state index is 0.0274. The summed E-state index contributed by atoms with van der Waals surface area (Å²) >= 11 is 0. The number of carbonyl (C=O) groups is 2. The lowest BCUT2D eigenvalue weighted by Crippen LogP contribution is -2.54. The topological polar surface area (TPSA) is 114 Å². The summed E-state index contributed by atoms with van der Waals surface area (Å²) < 4.78 is 39.8. The van der Waals surface area contributed by atoms with Crippen LogP contribution >= 0.6 is 0 Å². The van der Waals surface area contributed by atoms with Gasteiger partial charge in [-0.15, -0.1) is 0 Å². The number of nitrogens with zero attached hydrogens (tertiary/aromatic N) is 1. The zero-order valence-electron chi connectivity index (χ0n) is 18.2. The summed E-state index contributed by atoms with van der Waals surface area (Å²) in [5, 5.41) is 2.87. The van der Waals surface area contributed by atoms with Gasteiger partial charge in [0.2, 0.25) is 21.8 Å². The lowest BCUT2D eigenvalue weighted by atomic mass is 10.0. The Morgan fingerprint density at radius 2 is 1.74 bits per heavy atom. The van der Waals surface area contributed by atoms with E-state index >= 15 is 0 Å². The van der Waals surface area contributed by atoms with E-state index in [-0.39, 0.29) is 28.7 Å². The summed E-state index contributed by atoms with van der Waals surface area (Å²) in [6.07, 6.45) is 2.01. The molecule has 2 aliphatic rings. The number of amides is 2. The van der Waals surface area contributed by atoms with Crippen molar-refractivity contribution in [2.24, 2.45) is 5.92 Å². The summed E-state index contributed by atoms with van der Waals surface area (Å²) in [6.45, 7) is 7.00. The zero-order valence-corrected chi connectivity index (χ0v) is 19.0. The minimum atomic E-state index is -3.95. The predicted molar refractivity (Wildman–Crippen MR) is 114 cm³/mol. The third-order valence-corrected chi connectivity index (χ3v) is 6.90. The highest BCUT2D eigenvalue weighted by Gasteiger charge is 2.34. The molecule has 0 aromatic heterocycles. The molecule has 1 saturated heterocycles. The molecule has 1 aromatic carbocycles. The van der Waals surface area contributed by atoms with Gasteiger partial charge in [-0.3, -0.25) is 9.59 Å². The van der Waals surface area contributed by atoms with Crippen molar-refractivity contribution in [2.45, 2.75) is 57.0 Å². The van der Waals surface area contributed by atoms with Crippen molar-refractivity contribution in [3.8, 4) is 11.5 Å². The summed E-state index contributed by atoms with van der Waals surface area (Å²) in [6, 6.07) is 3.62. The monoisotopic (exact) mass is 453 g/mol. The van der Waals surface area contributed by atoms with Crippen LogP contribution in [0.2, 0.25) is 0 Å². The van der Waals surface area contributed by atoms with Crippen LogP contribution in [-0.4, -0.2) is 63.5 Å². The molecule has 2 heterocycles. The van der Waals surface area contributed by atoms with Gasteiger partial charge in [-0.05, 0) is 30.9 Å². The van der Waals surface area contributed by atoms with Crippen molar-refractivity contribution < 1.29 is 27.5 Å². The second kappa shape index (κ2) is 9.86. The molecule has 0 spiro atoms. The third kappa shape index (κ3) is 5.88. The highest BCUT2D eigenvalue weighted by molar-refractivity contribution is 7.89. The molecule has 2 N–H and O–H groups in total. The second-order valence-corrected chi connectivity index (χ2v) is 10.0. The summed E-state index contributed by atoms with van der Waals surface area (Å²) in [5.74, 6) is 0.306. The normalized spacial score (nSPS) is 18.4. The molecule has 0 saturated carbocycles. The fourth-order valence-corrected chi connectivity index (χ4v) is 5.10. The number of benzene rings is 1. The maximum atomic E-state index is 13.1. The van der Waals surface area contributed by atoms with E-state index in [1.165, 1.54) is 19.1 Å². The molecule has 2 amide bonds. The van der Waals surface area contributed by atoms with Crippen LogP contribution < -0.4 is 19.5 Å². The molecule has 9 nitrogen and oxygen atoms in total. The summed E-state index contributed by atoms with van der Waals surface area (Å²) in [5.41, 5.74) is 0. The first kappa shape index (κ1) is 23.3. The number of ether oxygens (including phenoxy) is 2. The number of carbonyl (C=O) groups excluding carboxylic acids is 2. The molecule has 1 unspecified atom stereocenters. The quantitative estimate of drug-likeness (QED) is 0.671. The Kier molecular flexibility index (Phi) is 7.42. The first-order chi connectivity index (χ1) is 14.7. The fourth-order valence-electron chi connectivity index (χ4n) is 3.75. The molecule has 3 rings (SSSR count). The van der Waals surface area contributed by atoms with E-state index in [0.717, 1.165) is 6.42 Å². The van der Waals surface area contributed by atoms with Crippen LogP contribution in [0.1, 0.15) is 40.0 Å². The Balaban J connectivity index is 1.71. The van der Waals surface area contributed by atoms with Gasteiger partial charge in [0.05, 0.1) is 18.1 Å². The molecule has 0 bridgehead atoms. The summed E-state index contributed by atoms with van der Waals surface area (Å²) in [7, 11) is -3.95. The van der Waals surface area contributed by atoms with Gasteiger partial charge in [-0.25, -0.2) is 8.42 Å². The molecule has 10 heteroatoms. The van der Waals surface area contributed by atoms with Gasteiger partial charge in [-0.1, -0.05) is 13.8 Å². The van der Waals surface area contributed by atoms with Crippen molar-refractivity contribution >= 4 is 21.8 Å². The molecular formula is C21H31N3O6S. The number of rotatable bonds is 6. The number of hydrogen-bond donors (Lipinski definition) is 2. The van der Waals surface area contributed by atoms with Crippen LogP contribution in [0.3, 0.4) is 0 Å². The van der Waals surface area contributed by atoms with Gasteiger partial charge in [0, 0.05) is 38.5 Å². The lowest BCUT2D eigenvalue weighted by molar-refractivity contribution is -0.135. The molecule has 1 fully saturated rings. The van der Waals surface area contributed by atoms with E-state index in [1.54, 1.807) is 11.0 Å². The maximum Gasteiger partial charge on any atom is 0.241 e. The van der Waals surface area contributed by atoms with Crippen LogP contribution in [0.5, 0.6) is 11.5 Å². The van der Waals surface area contributed by atoms with Gasteiger partial charge in [0.1, 0.15) is 6.04 Å². The van der Waals surface area contributed by atoms with Gasteiger partial charge in [-0.2, -0.15) is 4.72 Å². The second-order valence-electron chi connectivity index (χ2n) is 8.30. The number of likely N-dealkylation sites (tertiary alicyclic amines) is 1. The van der Waals surface area contributed by atoms with Crippen molar-refractivity contribution in [3.05, 3.63) is 18.2 Å². The summed E-state index contributed by atoms with van der Waals surface area (Å²) in [4.78, 5) is 26.1. The number of nitrogens with one attached hydrogen (secondary N) is 2. The van der Waals surface area contributed by atoms with Crippen LogP contribution in [0.4, 0.5) is 0 Å². The third-order valence-electron chi connectivity index (χ3n) is 5.46. The van der Waals surface area contributed by atoms with E-state index in [9.17, 15) is 18.0 Å².